The van der Waals surface area contributed by atoms with Crippen LogP contribution in [0.3, 0.4) is 0 Å². The minimum absolute atomic E-state index is 0.0728. The van der Waals surface area contributed by atoms with Gasteiger partial charge in [0.25, 0.3) is 0 Å². The van der Waals surface area contributed by atoms with Crippen molar-refractivity contribution in [3.63, 3.8) is 0 Å². The summed E-state index contributed by atoms with van der Waals surface area (Å²) in [7, 11) is 0. The Morgan fingerprint density at radius 2 is 1.91 bits per heavy atom. The number of benzene rings is 1. The number of hydrogen-bond donors (Lipinski definition) is 0. The molecule has 1 aliphatic heterocycles. The van der Waals surface area contributed by atoms with Crippen LogP contribution in [0.5, 0.6) is 5.88 Å². The van der Waals surface area contributed by atoms with Crippen LogP contribution < -0.4 is 4.74 Å². The summed E-state index contributed by atoms with van der Waals surface area (Å²) in [6, 6.07) is 12.1. The Morgan fingerprint density at radius 1 is 1.17 bits per heavy atom. The van der Waals surface area contributed by atoms with E-state index in [0.717, 1.165) is 49.7 Å². The molecule has 5 nitrogen and oxygen atoms in total. The van der Waals surface area contributed by atoms with Crippen molar-refractivity contribution in [3.8, 4) is 17.1 Å². The lowest BCUT2D eigenvalue weighted by molar-refractivity contribution is 0.0211. The van der Waals surface area contributed by atoms with Crippen LogP contribution in [0.15, 0.2) is 36.4 Å². The molecule has 0 saturated carbocycles. The van der Waals surface area contributed by atoms with E-state index in [1.807, 2.05) is 43.3 Å². The molecule has 0 spiro atoms. The molecule has 122 valence electrons. The normalized spacial score (nSPS) is 17.0. The predicted octanol–water partition coefficient (Wildman–Crippen LogP) is 2.55. The fraction of sp³-hybridized carbons (Fsp3) is 0.444. The highest BCUT2D eigenvalue weighted by molar-refractivity contribution is 5.59. The van der Waals surface area contributed by atoms with Crippen LogP contribution in [0.1, 0.15) is 12.5 Å². The summed E-state index contributed by atoms with van der Waals surface area (Å²) in [5, 5.41) is 8.57. The minimum Gasteiger partial charge on any atom is -0.472 e. The van der Waals surface area contributed by atoms with Crippen LogP contribution in [0.2, 0.25) is 0 Å². The molecule has 0 unspecified atom stereocenters. The average molecular weight is 313 g/mol. The fourth-order valence-corrected chi connectivity index (χ4v) is 2.72. The third kappa shape index (κ3) is 4.27. The Kier molecular flexibility index (Phi) is 5.20. The van der Waals surface area contributed by atoms with E-state index in [1.54, 1.807) is 0 Å². The molecular weight excluding hydrogens is 290 g/mol. The van der Waals surface area contributed by atoms with Gasteiger partial charge in [-0.05, 0) is 19.9 Å². The van der Waals surface area contributed by atoms with Gasteiger partial charge >= 0.3 is 0 Å². The van der Waals surface area contributed by atoms with Gasteiger partial charge in [0.15, 0.2) is 0 Å². The van der Waals surface area contributed by atoms with Gasteiger partial charge in [-0.1, -0.05) is 30.3 Å². The second-order valence-electron chi connectivity index (χ2n) is 5.93. The van der Waals surface area contributed by atoms with Gasteiger partial charge in [0.05, 0.1) is 18.9 Å². The van der Waals surface area contributed by atoms with Gasteiger partial charge in [-0.2, -0.15) is 0 Å². The van der Waals surface area contributed by atoms with Gasteiger partial charge in [-0.3, -0.25) is 4.90 Å². The molecule has 1 aromatic carbocycles. The van der Waals surface area contributed by atoms with Crippen LogP contribution in [-0.2, 0) is 4.74 Å². The smallest absolute Gasteiger partial charge is 0.236 e. The Labute approximate surface area is 137 Å². The van der Waals surface area contributed by atoms with Gasteiger partial charge in [-0.15, -0.1) is 10.2 Å². The molecule has 0 radical (unpaired) electrons. The molecule has 1 atom stereocenters. The van der Waals surface area contributed by atoms with Crippen molar-refractivity contribution in [1.82, 2.24) is 15.1 Å². The van der Waals surface area contributed by atoms with Gasteiger partial charge in [0.1, 0.15) is 6.10 Å². The zero-order chi connectivity index (χ0) is 16.1. The van der Waals surface area contributed by atoms with E-state index < -0.39 is 0 Å². The highest BCUT2D eigenvalue weighted by Gasteiger charge is 2.16. The first-order valence-corrected chi connectivity index (χ1v) is 8.09. The summed E-state index contributed by atoms with van der Waals surface area (Å²) in [6.45, 7) is 8.50. The fourth-order valence-electron chi connectivity index (χ4n) is 2.72. The summed E-state index contributed by atoms with van der Waals surface area (Å²) in [4.78, 5) is 2.36. The second-order valence-corrected chi connectivity index (χ2v) is 5.93. The highest BCUT2D eigenvalue weighted by atomic mass is 16.5. The summed E-state index contributed by atoms with van der Waals surface area (Å²) < 4.78 is 11.4. The monoisotopic (exact) mass is 313 g/mol. The van der Waals surface area contributed by atoms with Crippen molar-refractivity contribution >= 4 is 0 Å². The van der Waals surface area contributed by atoms with Gasteiger partial charge in [0.2, 0.25) is 5.88 Å². The molecule has 0 bridgehead atoms. The van der Waals surface area contributed by atoms with E-state index in [9.17, 15) is 0 Å². The second kappa shape index (κ2) is 7.53. The molecule has 0 N–H and O–H groups in total. The Balaban J connectivity index is 1.64. The summed E-state index contributed by atoms with van der Waals surface area (Å²) in [5.74, 6) is 0.616. The van der Waals surface area contributed by atoms with Crippen LogP contribution in [0, 0.1) is 6.92 Å². The molecule has 1 aliphatic rings. The van der Waals surface area contributed by atoms with Crippen LogP contribution in [0.25, 0.3) is 11.3 Å². The zero-order valence-electron chi connectivity index (χ0n) is 13.7. The largest absolute Gasteiger partial charge is 0.472 e. The quantitative estimate of drug-likeness (QED) is 0.849. The maximum absolute atomic E-state index is 5.98. The van der Waals surface area contributed by atoms with E-state index >= 15 is 0 Å². The van der Waals surface area contributed by atoms with Gasteiger partial charge in [-0.25, -0.2) is 0 Å². The van der Waals surface area contributed by atoms with Crippen molar-refractivity contribution in [2.45, 2.75) is 20.0 Å². The first-order valence-electron chi connectivity index (χ1n) is 8.09. The highest BCUT2D eigenvalue weighted by Crippen LogP contribution is 2.22. The topological polar surface area (TPSA) is 47.5 Å². The summed E-state index contributed by atoms with van der Waals surface area (Å²) in [5.41, 5.74) is 2.94. The molecule has 5 heteroatoms. The lowest BCUT2D eigenvalue weighted by Gasteiger charge is -2.29. The number of morpholine rings is 1. The minimum atomic E-state index is 0.0728. The van der Waals surface area contributed by atoms with Crippen molar-refractivity contribution in [2.75, 3.05) is 32.8 Å². The molecular formula is C18H23N3O2. The molecule has 1 saturated heterocycles. The van der Waals surface area contributed by atoms with Gasteiger partial charge in [0, 0.05) is 30.8 Å². The maximum Gasteiger partial charge on any atom is 0.236 e. The summed E-state index contributed by atoms with van der Waals surface area (Å²) >= 11 is 0. The molecule has 0 amide bonds. The van der Waals surface area contributed by atoms with Crippen molar-refractivity contribution in [1.29, 1.82) is 0 Å². The van der Waals surface area contributed by atoms with Crippen molar-refractivity contribution < 1.29 is 9.47 Å². The SMILES string of the molecule is Cc1cc(-c2ccccc2)nnc1O[C@@H](C)CN1CCOCC1. The van der Waals surface area contributed by atoms with E-state index in [2.05, 4.69) is 22.0 Å². The van der Waals surface area contributed by atoms with Gasteiger partial charge < -0.3 is 9.47 Å². The zero-order valence-corrected chi connectivity index (χ0v) is 13.7. The average Bonchev–Trinajstić information content (AvgIpc) is 2.58. The predicted molar refractivity (Wildman–Crippen MR) is 89.6 cm³/mol. The Morgan fingerprint density at radius 3 is 2.61 bits per heavy atom. The molecule has 2 aromatic rings. The number of rotatable bonds is 5. The van der Waals surface area contributed by atoms with E-state index in [1.165, 1.54) is 0 Å². The van der Waals surface area contributed by atoms with Crippen LogP contribution in [0.4, 0.5) is 0 Å². The third-order valence-corrected chi connectivity index (χ3v) is 3.94. The number of nitrogens with zero attached hydrogens (tertiary/aromatic N) is 3. The molecule has 1 aromatic heterocycles. The van der Waals surface area contributed by atoms with E-state index in [4.69, 9.17) is 9.47 Å². The Bertz CT molecular complexity index is 627. The lowest BCUT2D eigenvalue weighted by Crippen LogP contribution is -2.41. The third-order valence-electron chi connectivity index (χ3n) is 3.94. The van der Waals surface area contributed by atoms with Crippen LogP contribution >= 0.6 is 0 Å². The molecule has 23 heavy (non-hydrogen) atoms. The molecule has 0 aliphatic carbocycles. The van der Waals surface area contributed by atoms with E-state index in [0.29, 0.717) is 5.88 Å². The molecule has 2 heterocycles. The maximum atomic E-state index is 5.98. The number of aryl methyl sites for hydroxylation is 1. The van der Waals surface area contributed by atoms with Crippen molar-refractivity contribution in [2.24, 2.45) is 0 Å². The number of hydrogen-bond acceptors (Lipinski definition) is 5. The van der Waals surface area contributed by atoms with E-state index in [-0.39, 0.29) is 6.10 Å². The Hall–Kier alpha value is -1.98. The first-order chi connectivity index (χ1) is 11.2. The summed E-state index contributed by atoms with van der Waals surface area (Å²) in [6.07, 6.45) is 0.0728. The standard InChI is InChI=1S/C18H23N3O2/c1-14-12-17(16-6-4-3-5-7-16)19-20-18(14)23-15(2)13-21-8-10-22-11-9-21/h3-7,12,15H,8-11,13H2,1-2H3/t15-/m0/s1. The molecule has 3 rings (SSSR count). The number of aromatic nitrogens is 2. The van der Waals surface area contributed by atoms with Crippen molar-refractivity contribution in [3.05, 3.63) is 42.0 Å². The molecule has 1 fully saturated rings. The first kappa shape index (κ1) is 15.9. The lowest BCUT2D eigenvalue weighted by atomic mass is 10.1. The number of ether oxygens (including phenoxy) is 2. The van der Waals surface area contributed by atoms with Crippen LogP contribution in [-0.4, -0.2) is 54.0 Å².